The van der Waals surface area contributed by atoms with Crippen molar-refractivity contribution in [2.45, 2.75) is 37.8 Å². The van der Waals surface area contributed by atoms with Crippen molar-refractivity contribution in [1.29, 1.82) is 0 Å². The lowest BCUT2D eigenvalue weighted by molar-refractivity contribution is 0.0767. The summed E-state index contributed by atoms with van der Waals surface area (Å²) in [5.41, 5.74) is 2.20. The van der Waals surface area contributed by atoms with E-state index in [0.29, 0.717) is 18.2 Å². The molecule has 5 heteroatoms. The van der Waals surface area contributed by atoms with E-state index in [1.165, 1.54) is 0 Å². The quantitative estimate of drug-likeness (QED) is 0.677. The number of amides is 1. The summed E-state index contributed by atoms with van der Waals surface area (Å²) in [6.07, 6.45) is 4.81. The molecule has 1 amide bonds. The summed E-state index contributed by atoms with van der Waals surface area (Å²) in [5, 5.41) is 5.55. The number of hydrogen-bond donors (Lipinski definition) is 1. The van der Waals surface area contributed by atoms with Crippen molar-refractivity contribution >= 4 is 16.7 Å². The second kappa shape index (κ2) is 7.40. The van der Waals surface area contributed by atoms with Crippen molar-refractivity contribution in [1.82, 2.24) is 15.2 Å². The minimum absolute atomic E-state index is 0.0639. The zero-order valence-electron chi connectivity index (χ0n) is 17.5. The molecular weight excluding hydrogens is 374 g/mol. The Kier molecular flexibility index (Phi) is 4.70. The van der Waals surface area contributed by atoms with Gasteiger partial charge in [-0.1, -0.05) is 30.3 Å². The first kappa shape index (κ1) is 19.1. The van der Waals surface area contributed by atoms with Crippen LogP contribution in [0.5, 0.6) is 5.75 Å². The summed E-state index contributed by atoms with van der Waals surface area (Å²) in [6, 6.07) is 16.5. The maximum Gasteiger partial charge on any atom is 0.252 e. The van der Waals surface area contributed by atoms with E-state index in [4.69, 9.17) is 4.74 Å². The summed E-state index contributed by atoms with van der Waals surface area (Å²) < 4.78 is 5.98. The average Bonchev–Trinajstić information content (AvgIpc) is 3.53. The number of likely N-dealkylation sites (tertiary alicyclic amines) is 1. The number of benzene rings is 2. The van der Waals surface area contributed by atoms with Gasteiger partial charge in [-0.3, -0.25) is 14.7 Å². The zero-order chi connectivity index (χ0) is 20.7. The highest BCUT2D eigenvalue weighted by Crippen LogP contribution is 2.47. The van der Waals surface area contributed by atoms with Crippen molar-refractivity contribution in [2.24, 2.45) is 0 Å². The molecule has 2 aromatic carbocycles. The third kappa shape index (κ3) is 3.43. The maximum absolute atomic E-state index is 13.2. The zero-order valence-corrected chi connectivity index (χ0v) is 17.5. The van der Waals surface area contributed by atoms with Crippen LogP contribution in [0.4, 0.5) is 0 Å². The lowest BCUT2D eigenvalue weighted by atomic mass is 10.0. The topological polar surface area (TPSA) is 54.5 Å². The number of hydrogen-bond acceptors (Lipinski definition) is 4. The number of pyridine rings is 1. The third-order valence-electron chi connectivity index (χ3n) is 6.56. The Morgan fingerprint density at radius 2 is 2.07 bits per heavy atom. The number of fused-ring (bicyclic) bond motifs is 1. The van der Waals surface area contributed by atoms with Crippen LogP contribution in [0, 0.1) is 6.92 Å². The Morgan fingerprint density at radius 1 is 1.23 bits per heavy atom. The molecule has 3 aromatic rings. The molecule has 5 rings (SSSR count). The van der Waals surface area contributed by atoms with Crippen LogP contribution in [-0.2, 0) is 5.54 Å². The second-order valence-electron chi connectivity index (χ2n) is 8.63. The van der Waals surface area contributed by atoms with Gasteiger partial charge in [-0.05, 0) is 68.9 Å². The van der Waals surface area contributed by atoms with Crippen molar-refractivity contribution in [3.63, 3.8) is 0 Å². The van der Waals surface area contributed by atoms with Gasteiger partial charge < -0.3 is 10.1 Å². The Labute approximate surface area is 177 Å². The van der Waals surface area contributed by atoms with Crippen molar-refractivity contribution in [2.75, 3.05) is 20.2 Å². The van der Waals surface area contributed by atoms with Crippen LogP contribution in [0.15, 0.2) is 54.7 Å². The van der Waals surface area contributed by atoms with Gasteiger partial charge in [0.15, 0.2) is 0 Å². The maximum atomic E-state index is 13.2. The number of aryl methyl sites for hydroxylation is 1. The smallest absolute Gasteiger partial charge is 0.252 e. The summed E-state index contributed by atoms with van der Waals surface area (Å²) in [6.45, 7) is 3.75. The third-order valence-corrected chi connectivity index (χ3v) is 6.56. The second-order valence-corrected chi connectivity index (χ2v) is 8.63. The number of ether oxygens (including phenoxy) is 1. The van der Waals surface area contributed by atoms with Crippen LogP contribution >= 0.6 is 0 Å². The molecule has 1 unspecified atom stereocenters. The molecule has 1 N–H and O–H groups in total. The number of likely N-dealkylation sites (N-methyl/N-ethyl adjacent to an activating group) is 1. The molecule has 1 saturated heterocycles. The minimum atomic E-state index is -0.379. The molecule has 30 heavy (non-hydrogen) atoms. The van der Waals surface area contributed by atoms with E-state index in [2.05, 4.69) is 34.4 Å². The summed E-state index contributed by atoms with van der Waals surface area (Å²) in [5.74, 6) is 0.685. The first-order valence-electron chi connectivity index (χ1n) is 10.7. The monoisotopic (exact) mass is 401 g/mol. The number of aromatic nitrogens is 1. The fourth-order valence-electron chi connectivity index (χ4n) is 4.24. The molecular formula is C25H27N3O2. The fraction of sp³-hybridized carbons (Fsp3) is 0.360. The highest BCUT2D eigenvalue weighted by molar-refractivity contribution is 5.97. The lowest BCUT2D eigenvalue weighted by Gasteiger charge is -2.37. The Bertz CT molecular complexity index is 1100. The first-order valence-corrected chi connectivity index (χ1v) is 10.7. The van der Waals surface area contributed by atoms with E-state index < -0.39 is 0 Å². The molecule has 2 heterocycles. The van der Waals surface area contributed by atoms with Crippen LogP contribution in [0.2, 0.25) is 0 Å². The molecule has 2 aliphatic rings. The minimum Gasteiger partial charge on any atom is -0.492 e. The van der Waals surface area contributed by atoms with Gasteiger partial charge in [0.05, 0.1) is 11.2 Å². The molecule has 2 fully saturated rings. The van der Waals surface area contributed by atoms with Crippen LogP contribution in [0.3, 0.4) is 0 Å². The number of nitrogens with one attached hydrogen (secondary N) is 1. The summed E-state index contributed by atoms with van der Waals surface area (Å²) in [4.78, 5) is 20.2. The van der Waals surface area contributed by atoms with E-state index >= 15 is 0 Å². The standard InChI is InChI=1S/C25H27N3O2/c1-17-7-8-20(30-16-19-10-14-28(19)2)15-22(17)24(29)27-25(11-12-25)23-21-6-4-3-5-18(21)9-13-26-23/h3-9,13,15,19H,10-12,14,16H2,1-2H3,(H,27,29). The van der Waals surface area contributed by atoms with Crippen LogP contribution in [0.1, 0.15) is 40.9 Å². The molecule has 1 atom stereocenters. The van der Waals surface area contributed by atoms with E-state index in [9.17, 15) is 4.79 Å². The van der Waals surface area contributed by atoms with Gasteiger partial charge in [0.25, 0.3) is 5.91 Å². The SMILES string of the molecule is Cc1ccc(OCC2CCN2C)cc1C(=O)NC1(c2nccc3ccccc23)CC1. The molecule has 1 aliphatic heterocycles. The molecule has 0 spiro atoms. The van der Waals surface area contributed by atoms with Gasteiger partial charge in [-0.2, -0.15) is 0 Å². The van der Waals surface area contributed by atoms with E-state index in [1.807, 2.05) is 49.5 Å². The van der Waals surface area contributed by atoms with Gasteiger partial charge in [0.1, 0.15) is 12.4 Å². The Morgan fingerprint density at radius 3 is 2.80 bits per heavy atom. The molecule has 1 aliphatic carbocycles. The largest absolute Gasteiger partial charge is 0.492 e. The summed E-state index contributed by atoms with van der Waals surface area (Å²) >= 11 is 0. The molecule has 0 bridgehead atoms. The normalized spacial score (nSPS) is 19.9. The van der Waals surface area contributed by atoms with E-state index in [1.54, 1.807) is 0 Å². The fourth-order valence-corrected chi connectivity index (χ4v) is 4.24. The van der Waals surface area contributed by atoms with E-state index in [-0.39, 0.29) is 11.4 Å². The van der Waals surface area contributed by atoms with Crippen molar-refractivity contribution in [3.8, 4) is 5.75 Å². The van der Waals surface area contributed by atoms with E-state index in [0.717, 1.165) is 53.6 Å². The Balaban J connectivity index is 1.36. The molecule has 1 saturated carbocycles. The Hall–Kier alpha value is -2.92. The predicted molar refractivity (Wildman–Crippen MR) is 118 cm³/mol. The van der Waals surface area contributed by atoms with Crippen molar-refractivity contribution < 1.29 is 9.53 Å². The van der Waals surface area contributed by atoms with Gasteiger partial charge in [-0.15, -0.1) is 0 Å². The summed E-state index contributed by atoms with van der Waals surface area (Å²) in [7, 11) is 2.11. The van der Waals surface area contributed by atoms with Gasteiger partial charge in [0, 0.05) is 23.2 Å². The van der Waals surface area contributed by atoms with Gasteiger partial charge >= 0.3 is 0 Å². The lowest BCUT2D eigenvalue weighted by Crippen LogP contribution is -2.48. The van der Waals surface area contributed by atoms with Crippen molar-refractivity contribution in [3.05, 3.63) is 71.5 Å². The predicted octanol–water partition coefficient (Wildman–Crippen LogP) is 4.05. The van der Waals surface area contributed by atoms with Crippen LogP contribution < -0.4 is 10.1 Å². The molecule has 5 nitrogen and oxygen atoms in total. The van der Waals surface area contributed by atoms with Crippen LogP contribution in [-0.4, -0.2) is 42.0 Å². The molecule has 1 aromatic heterocycles. The van der Waals surface area contributed by atoms with Gasteiger partial charge in [-0.25, -0.2) is 0 Å². The van der Waals surface area contributed by atoms with Crippen LogP contribution in [0.25, 0.3) is 10.8 Å². The highest BCUT2D eigenvalue weighted by Gasteiger charge is 2.48. The number of rotatable bonds is 6. The van der Waals surface area contributed by atoms with Gasteiger partial charge in [0.2, 0.25) is 0 Å². The average molecular weight is 402 g/mol. The number of nitrogens with zero attached hydrogens (tertiary/aromatic N) is 2. The molecule has 154 valence electrons. The number of carbonyl (C=O) groups excluding carboxylic acids is 1. The number of carbonyl (C=O) groups is 1. The highest BCUT2D eigenvalue weighted by atomic mass is 16.5. The first-order chi connectivity index (χ1) is 14.6. The molecule has 0 radical (unpaired) electrons.